The Morgan fingerprint density at radius 3 is 2.17 bits per heavy atom. The number of para-hydroxylation sites is 1. The second kappa shape index (κ2) is 6.98. The lowest BCUT2D eigenvalue weighted by Gasteiger charge is -2.15. The molecule has 1 aromatic heterocycles. The van der Waals surface area contributed by atoms with Crippen LogP contribution in [-0.4, -0.2) is 11.7 Å². The Bertz CT molecular complexity index is 906. The van der Waals surface area contributed by atoms with E-state index in [2.05, 4.69) is 0 Å². The average molecular weight is 432 g/mol. The Balaban J connectivity index is 2.87. The van der Waals surface area contributed by atoms with Gasteiger partial charge in [-0.15, -0.1) is 0 Å². The van der Waals surface area contributed by atoms with Crippen LogP contribution in [-0.2, 0) is 0 Å². The molecule has 120 valence electrons. The van der Waals surface area contributed by atoms with Crippen LogP contribution in [0.4, 0.5) is 0 Å². The van der Waals surface area contributed by atoms with Gasteiger partial charge in [0.1, 0.15) is 11.6 Å². The first kappa shape index (κ1) is 18.5. The van der Waals surface area contributed by atoms with Crippen molar-refractivity contribution in [3.63, 3.8) is 0 Å². The molecule has 0 atom stereocenters. The van der Waals surface area contributed by atoms with E-state index < -0.39 is 14.4 Å². The van der Waals surface area contributed by atoms with Gasteiger partial charge in [0.05, 0.1) is 15.7 Å². The highest BCUT2D eigenvalue weighted by Crippen LogP contribution is 2.38. The summed E-state index contributed by atoms with van der Waals surface area (Å²) in [6, 6.07) is 6.25. The van der Waals surface area contributed by atoms with E-state index in [9.17, 15) is 9.59 Å². The van der Waals surface area contributed by atoms with Crippen LogP contribution in [0.25, 0.3) is 5.69 Å². The fourth-order valence-corrected chi connectivity index (χ4v) is 3.43. The van der Waals surface area contributed by atoms with Crippen LogP contribution in [0.5, 0.6) is 0 Å². The van der Waals surface area contributed by atoms with E-state index in [-0.39, 0.29) is 21.3 Å². The Hall–Kier alpha value is -0.810. The van der Waals surface area contributed by atoms with Crippen molar-refractivity contribution in [3.05, 3.63) is 60.8 Å². The Morgan fingerprint density at radius 2 is 1.70 bits per heavy atom. The van der Waals surface area contributed by atoms with E-state index in [0.717, 1.165) is 10.8 Å². The fraction of sp³-hybridized carbons (Fsp3) is 0.0833. The highest BCUT2D eigenvalue weighted by molar-refractivity contribution is 8.03. The highest BCUT2D eigenvalue weighted by atomic mass is 35.6. The minimum absolute atomic E-state index is 0.107. The van der Waals surface area contributed by atoms with Gasteiger partial charge in [-0.1, -0.05) is 64.1 Å². The molecular weight excluding hydrogens is 427 g/mol. The van der Waals surface area contributed by atoms with Crippen molar-refractivity contribution in [3.8, 4) is 11.8 Å². The van der Waals surface area contributed by atoms with E-state index in [1.54, 1.807) is 12.1 Å². The lowest BCUT2D eigenvalue weighted by Crippen LogP contribution is -2.38. The fourth-order valence-electron chi connectivity index (χ4n) is 1.67. The molecule has 1 heterocycles. The maximum absolute atomic E-state index is 12.5. The second-order valence-corrected chi connectivity index (χ2v) is 8.94. The molecule has 0 spiro atoms. The third-order valence-electron chi connectivity index (χ3n) is 2.55. The van der Waals surface area contributed by atoms with Gasteiger partial charge in [-0.2, -0.15) is 9.23 Å². The quantitative estimate of drug-likeness (QED) is 0.674. The van der Waals surface area contributed by atoms with Crippen molar-refractivity contribution >= 4 is 70.0 Å². The van der Waals surface area contributed by atoms with Crippen LogP contribution in [0.1, 0.15) is 5.56 Å². The van der Waals surface area contributed by atoms with Crippen LogP contribution in [0.2, 0.25) is 10.0 Å². The van der Waals surface area contributed by atoms with Gasteiger partial charge >= 0.3 is 5.69 Å². The molecule has 11 heteroatoms. The first-order valence-corrected chi connectivity index (χ1v) is 8.31. The highest BCUT2D eigenvalue weighted by Gasteiger charge is 2.26. The van der Waals surface area contributed by atoms with Gasteiger partial charge in [0.15, 0.2) is 0 Å². The molecule has 0 N–H and O–H groups in total. The van der Waals surface area contributed by atoms with Gasteiger partial charge < -0.3 is 0 Å². The minimum atomic E-state index is -1.99. The maximum atomic E-state index is 12.5. The third-order valence-corrected chi connectivity index (χ3v) is 4.49. The Labute approximate surface area is 159 Å². The molecule has 0 fully saturated rings. The van der Waals surface area contributed by atoms with Gasteiger partial charge in [-0.25, -0.2) is 4.79 Å². The molecule has 0 saturated carbocycles. The molecule has 2 rings (SSSR count). The molecule has 0 amide bonds. The molecule has 0 radical (unpaired) electrons. The Morgan fingerprint density at radius 1 is 1.13 bits per heavy atom. The van der Waals surface area contributed by atoms with E-state index in [4.69, 9.17) is 63.3 Å². The zero-order chi connectivity index (χ0) is 17.4. The molecule has 0 aliphatic carbocycles. The predicted molar refractivity (Wildman–Crippen MR) is 94.3 cm³/mol. The van der Waals surface area contributed by atoms with Crippen molar-refractivity contribution in [2.24, 2.45) is 0 Å². The molecular formula is C12H4Cl5N3O2S. The van der Waals surface area contributed by atoms with Gasteiger partial charge in [-0.3, -0.25) is 9.36 Å². The monoisotopic (exact) mass is 429 g/mol. The number of nitriles is 1. The summed E-state index contributed by atoms with van der Waals surface area (Å²) in [4.78, 5) is 24.7. The Kier molecular flexibility index (Phi) is 5.62. The second-order valence-electron chi connectivity index (χ2n) is 4.01. The van der Waals surface area contributed by atoms with E-state index in [1.165, 1.54) is 12.1 Å². The molecule has 0 aliphatic heterocycles. The van der Waals surface area contributed by atoms with Gasteiger partial charge in [0, 0.05) is 18.1 Å². The molecule has 23 heavy (non-hydrogen) atoms. The van der Waals surface area contributed by atoms with Crippen molar-refractivity contribution in [2.45, 2.75) is 3.12 Å². The average Bonchev–Trinajstić information content (AvgIpc) is 2.44. The summed E-state index contributed by atoms with van der Waals surface area (Å²) >= 11 is 29.3. The lowest BCUT2D eigenvalue weighted by molar-refractivity contribution is 0.858. The van der Waals surface area contributed by atoms with Crippen LogP contribution in [0.15, 0.2) is 34.0 Å². The smallest absolute Gasteiger partial charge is 0.267 e. The number of halogens is 5. The maximum Gasteiger partial charge on any atom is 0.346 e. The number of rotatable bonds is 2. The molecule has 5 nitrogen and oxygen atoms in total. The largest absolute Gasteiger partial charge is 0.346 e. The molecule has 2 aromatic rings. The lowest BCUT2D eigenvalue weighted by atomic mass is 10.3. The molecule has 1 aromatic carbocycles. The van der Waals surface area contributed by atoms with Crippen molar-refractivity contribution < 1.29 is 0 Å². The molecule has 0 aliphatic rings. The summed E-state index contributed by atoms with van der Waals surface area (Å²) < 4.78 is -0.474. The summed E-state index contributed by atoms with van der Waals surface area (Å²) in [5.74, 6) is 0. The van der Waals surface area contributed by atoms with Gasteiger partial charge in [0.25, 0.3) is 8.68 Å². The zero-order valence-electron chi connectivity index (χ0n) is 10.8. The zero-order valence-corrected chi connectivity index (χ0v) is 15.4. The van der Waals surface area contributed by atoms with Gasteiger partial charge in [0.2, 0.25) is 0 Å². The summed E-state index contributed by atoms with van der Waals surface area (Å²) in [6.07, 6.45) is 1.03. The number of aromatic nitrogens is 2. The minimum Gasteiger partial charge on any atom is -0.267 e. The van der Waals surface area contributed by atoms with Crippen LogP contribution >= 0.6 is 70.0 Å². The number of alkyl halides is 3. The molecule has 0 bridgehead atoms. The van der Waals surface area contributed by atoms with Crippen molar-refractivity contribution in [1.29, 1.82) is 5.26 Å². The SMILES string of the molecule is N#Cc1cn(-c2c(Cl)cccc2Cl)c(=O)n(SC(Cl)(Cl)Cl)c1=O. The molecule has 0 unspecified atom stereocenters. The number of nitrogens with zero attached hydrogens (tertiary/aromatic N) is 3. The predicted octanol–water partition coefficient (Wildman–Crippen LogP) is 4.00. The van der Waals surface area contributed by atoms with Crippen LogP contribution < -0.4 is 11.2 Å². The number of hydrogen-bond donors (Lipinski definition) is 0. The third kappa shape index (κ3) is 4.00. The van der Waals surface area contributed by atoms with Crippen molar-refractivity contribution in [2.75, 3.05) is 0 Å². The number of hydrogen-bond acceptors (Lipinski definition) is 4. The van der Waals surface area contributed by atoms with E-state index in [0.29, 0.717) is 15.9 Å². The summed E-state index contributed by atoms with van der Waals surface area (Å²) in [6.45, 7) is 0. The van der Waals surface area contributed by atoms with Crippen LogP contribution in [0.3, 0.4) is 0 Å². The first-order chi connectivity index (χ1) is 10.7. The summed E-state index contributed by atoms with van der Waals surface area (Å²) in [7, 11) is 0. The topological polar surface area (TPSA) is 67.8 Å². The normalized spacial score (nSPS) is 11.3. The standard InChI is InChI=1S/C12H4Cl5N3O2S/c13-7-2-1-3-8(14)9(7)19-5-6(4-18)10(21)20(11(19)22)23-12(15,16)17/h1-3,5H. The first-order valence-electron chi connectivity index (χ1n) is 5.65. The molecule has 0 saturated heterocycles. The van der Waals surface area contributed by atoms with E-state index in [1.807, 2.05) is 0 Å². The van der Waals surface area contributed by atoms with Gasteiger partial charge in [-0.05, 0) is 12.1 Å². The van der Waals surface area contributed by atoms with Crippen molar-refractivity contribution in [1.82, 2.24) is 8.54 Å². The number of benzene rings is 1. The van der Waals surface area contributed by atoms with Crippen LogP contribution in [0, 0.1) is 11.3 Å². The van der Waals surface area contributed by atoms with E-state index >= 15 is 0 Å². The summed E-state index contributed by atoms with van der Waals surface area (Å²) in [5, 5.41) is 9.38. The summed E-state index contributed by atoms with van der Waals surface area (Å²) in [5.41, 5.74) is -2.02.